The Hall–Kier alpha value is -0.0100. The van der Waals surface area contributed by atoms with Gasteiger partial charge in [-0.15, -0.1) is 0 Å². The standard InChI is InChI=1S/C11H26NO6P/c1-9(2)11(10(3)4,18-19(15,16)17)12(5-7-13)6-8-14/h9-10,13-14H,5-8H2,1-4H3,(H2,15,16,17). The van der Waals surface area contributed by atoms with Gasteiger partial charge in [0.15, 0.2) is 0 Å². The van der Waals surface area contributed by atoms with E-state index in [1.807, 2.05) is 0 Å². The first-order chi connectivity index (χ1) is 8.61. The Labute approximate surface area is 114 Å². The van der Waals surface area contributed by atoms with Crippen molar-refractivity contribution in [1.82, 2.24) is 4.90 Å². The summed E-state index contributed by atoms with van der Waals surface area (Å²) in [6.07, 6.45) is 0. The first-order valence-electron chi connectivity index (χ1n) is 6.34. The van der Waals surface area contributed by atoms with Crippen LogP contribution in [0.5, 0.6) is 0 Å². The molecule has 0 bridgehead atoms. The summed E-state index contributed by atoms with van der Waals surface area (Å²) in [6, 6.07) is 0. The van der Waals surface area contributed by atoms with E-state index >= 15 is 0 Å². The van der Waals surface area contributed by atoms with E-state index in [9.17, 15) is 14.4 Å². The largest absolute Gasteiger partial charge is 0.471 e. The highest BCUT2D eigenvalue weighted by Crippen LogP contribution is 2.48. The van der Waals surface area contributed by atoms with Crippen LogP contribution >= 0.6 is 7.82 Å². The van der Waals surface area contributed by atoms with Crippen molar-refractivity contribution in [1.29, 1.82) is 0 Å². The molecule has 0 saturated heterocycles. The van der Waals surface area contributed by atoms with Crippen molar-refractivity contribution in [2.75, 3.05) is 26.3 Å². The molecule has 7 nitrogen and oxygen atoms in total. The molecule has 19 heavy (non-hydrogen) atoms. The second kappa shape index (κ2) is 7.69. The first kappa shape index (κ1) is 19.0. The molecule has 0 spiro atoms. The van der Waals surface area contributed by atoms with E-state index in [4.69, 9.17) is 14.7 Å². The smallest absolute Gasteiger partial charge is 0.395 e. The molecule has 8 heteroatoms. The van der Waals surface area contributed by atoms with Crippen LogP contribution in [0.1, 0.15) is 27.7 Å². The maximum atomic E-state index is 11.3. The molecule has 0 rings (SSSR count). The Kier molecular flexibility index (Phi) is 7.68. The molecule has 116 valence electrons. The minimum absolute atomic E-state index is 0.164. The highest BCUT2D eigenvalue weighted by atomic mass is 31.2. The zero-order valence-electron chi connectivity index (χ0n) is 12.0. The van der Waals surface area contributed by atoms with Crippen molar-refractivity contribution < 1.29 is 29.1 Å². The van der Waals surface area contributed by atoms with Crippen LogP contribution in [0.4, 0.5) is 0 Å². The molecule has 4 N–H and O–H groups in total. The van der Waals surface area contributed by atoms with Gasteiger partial charge < -0.3 is 20.0 Å². The van der Waals surface area contributed by atoms with E-state index in [2.05, 4.69) is 0 Å². The number of aliphatic hydroxyl groups is 2. The molecule has 0 heterocycles. The molecule has 0 aliphatic carbocycles. The van der Waals surface area contributed by atoms with E-state index in [0.29, 0.717) is 0 Å². The van der Waals surface area contributed by atoms with Crippen LogP contribution in [0.3, 0.4) is 0 Å². The molecule has 0 aliphatic heterocycles. The number of aliphatic hydroxyl groups excluding tert-OH is 2. The lowest BCUT2D eigenvalue weighted by atomic mass is 9.86. The van der Waals surface area contributed by atoms with Crippen LogP contribution in [0.2, 0.25) is 0 Å². The summed E-state index contributed by atoms with van der Waals surface area (Å²) in [4.78, 5) is 19.9. The van der Waals surface area contributed by atoms with Gasteiger partial charge in [-0.2, -0.15) is 0 Å². The quantitative estimate of drug-likeness (QED) is 0.360. The summed E-state index contributed by atoms with van der Waals surface area (Å²) >= 11 is 0. The van der Waals surface area contributed by atoms with Gasteiger partial charge in [-0.3, -0.25) is 9.42 Å². The van der Waals surface area contributed by atoms with Crippen molar-refractivity contribution >= 4 is 7.82 Å². The summed E-state index contributed by atoms with van der Waals surface area (Å²) in [5.74, 6) is -0.476. The lowest BCUT2D eigenvalue weighted by molar-refractivity contribution is -0.168. The first-order valence-corrected chi connectivity index (χ1v) is 7.87. The molecule has 0 aliphatic rings. The Bertz CT molecular complexity index is 290. The molecule has 0 aromatic rings. The summed E-state index contributed by atoms with van der Waals surface area (Å²) < 4.78 is 16.4. The summed E-state index contributed by atoms with van der Waals surface area (Å²) in [7, 11) is -4.70. The number of hydrogen-bond donors (Lipinski definition) is 4. The van der Waals surface area contributed by atoms with Crippen molar-refractivity contribution in [3.05, 3.63) is 0 Å². The van der Waals surface area contributed by atoms with Gasteiger partial charge in [-0.1, -0.05) is 27.7 Å². The summed E-state index contributed by atoms with van der Waals surface area (Å²) in [5.41, 5.74) is -1.25. The summed E-state index contributed by atoms with van der Waals surface area (Å²) in [6.45, 7) is 7.11. The normalized spacial score (nSPS) is 13.8. The van der Waals surface area contributed by atoms with Crippen LogP contribution < -0.4 is 0 Å². The van der Waals surface area contributed by atoms with Crippen molar-refractivity contribution in [2.24, 2.45) is 11.8 Å². The van der Waals surface area contributed by atoms with Gasteiger partial charge in [0.2, 0.25) is 0 Å². The fraction of sp³-hybridized carbons (Fsp3) is 1.00. The molecule has 0 aromatic heterocycles. The number of nitrogens with zero attached hydrogens (tertiary/aromatic N) is 1. The van der Waals surface area contributed by atoms with Crippen molar-refractivity contribution in [3.63, 3.8) is 0 Å². The minimum atomic E-state index is -4.70. The molecular weight excluding hydrogens is 273 g/mol. The number of phosphoric acid groups is 1. The van der Waals surface area contributed by atoms with Gasteiger partial charge in [0, 0.05) is 13.1 Å². The molecule has 0 unspecified atom stereocenters. The second-order valence-electron chi connectivity index (χ2n) is 5.08. The van der Waals surface area contributed by atoms with Gasteiger partial charge in [0.25, 0.3) is 0 Å². The molecule has 0 atom stereocenters. The van der Waals surface area contributed by atoms with Crippen molar-refractivity contribution in [2.45, 2.75) is 33.4 Å². The average molecular weight is 299 g/mol. The van der Waals surface area contributed by atoms with E-state index in [0.717, 1.165) is 0 Å². The molecule has 0 amide bonds. The predicted octanol–water partition coefficient (Wildman–Crippen LogP) is 0.391. The molecule has 0 radical (unpaired) electrons. The summed E-state index contributed by atoms with van der Waals surface area (Å²) in [5, 5.41) is 18.2. The third-order valence-electron chi connectivity index (χ3n) is 3.15. The average Bonchev–Trinajstić information content (AvgIpc) is 2.23. The van der Waals surface area contributed by atoms with E-state index in [1.54, 1.807) is 32.6 Å². The maximum absolute atomic E-state index is 11.3. The molecule has 0 fully saturated rings. The van der Waals surface area contributed by atoms with Crippen LogP contribution in [0.15, 0.2) is 0 Å². The third kappa shape index (κ3) is 5.11. The van der Waals surface area contributed by atoms with Gasteiger partial charge in [-0.25, -0.2) is 4.57 Å². The third-order valence-corrected chi connectivity index (χ3v) is 3.68. The second-order valence-corrected chi connectivity index (χ2v) is 6.24. The topological polar surface area (TPSA) is 110 Å². The zero-order valence-corrected chi connectivity index (χ0v) is 12.9. The highest BCUT2D eigenvalue weighted by Gasteiger charge is 2.48. The van der Waals surface area contributed by atoms with Crippen molar-refractivity contribution in [3.8, 4) is 0 Å². The monoisotopic (exact) mass is 299 g/mol. The van der Waals surface area contributed by atoms with Crippen LogP contribution in [-0.4, -0.2) is 56.9 Å². The molecule has 0 aromatic carbocycles. The number of rotatable bonds is 9. The predicted molar refractivity (Wildman–Crippen MR) is 71.3 cm³/mol. The van der Waals surface area contributed by atoms with Gasteiger partial charge in [0.05, 0.1) is 13.2 Å². The van der Waals surface area contributed by atoms with Gasteiger partial charge in [0.1, 0.15) is 5.72 Å². The number of phosphoric ester groups is 1. The van der Waals surface area contributed by atoms with Gasteiger partial charge >= 0.3 is 7.82 Å². The lowest BCUT2D eigenvalue weighted by Gasteiger charge is -2.48. The Balaban J connectivity index is 5.59. The van der Waals surface area contributed by atoms with E-state index in [-0.39, 0.29) is 38.1 Å². The van der Waals surface area contributed by atoms with Crippen LogP contribution in [0.25, 0.3) is 0 Å². The lowest BCUT2D eigenvalue weighted by Crippen LogP contribution is -2.59. The van der Waals surface area contributed by atoms with Crippen LogP contribution in [-0.2, 0) is 9.09 Å². The van der Waals surface area contributed by atoms with E-state index < -0.39 is 13.5 Å². The fourth-order valence-corrected chi connectivity index (χ4v) is 3.48. The zero-order chi connectivity index (χ0) is 15.3. The minimum Gasteiger partial charge on any atom is -0.395 e. The Morgan fingerprint density at radius 1 is 1.05 bits per heavy atom. The maximum Gasteiger partial charge on any atom is 0.471 e. The van der Waals surface area contributed by atoms with E-state index in [1.165, 1.54) is 0 Å². The fourth-order valence-electron chi connectivity index (χ4n) is 2.56. The number of hydrogen-bond acceptors (Lipinski definition) is 5. The van der Waals surface area contributed by atoms with Crippen LogP contribution in [0, 0.1) is 11.8 Å². The Morgan fingerprint density at radius 2 is 1.42 bits per heavy atom. The SMILES string of the molecule is CC(C)C(OP(=O)(O)O)(C(C)C)N(CCO)CCO. The highest BCUT2D eigenvalue weighted by molar-refractivity contribution is 7.46. The molecular formula is C11H26NO6P. The molecule has 0 saturated carbocycles. The van der Waals surface area contributed by atoms with Gasteiger partial charge in [-0.05, 0) is 11.8 Å². The Morgan fingerprint density at radius 3 is 1.63 bits per heavy atom.